The second kappa shape index (κ2) is 9.31. The fourth-order valence-electron chi connectivity index (χ4n) is 3.15. The maximum atomic E-state index is 13.2. The number of unbranched alkanes of at least 4 members (excludes halogenated alkanes) is 1. The van der Waals surface area contributed by atoms with Crippen LogP contribution >= 0.6 is 0 Å². The molecule has 0 radical (unpaired) electrons. The molecule has 0 aromatic heterocycles. The van der Waals surface area contributed by atoms with Gasteiger partial charge in [-0.15, -0.1) is 0 Å². The van der Waals surface area contributed by atoms with E-state index in [0.717, 1.165) is 25.8 Å². The number of esters is 1. The summed E-state index contributed by atoms with van der Waals surface area (Å²) in [6, 6.07) is 2.90. The smallest absolute Gasteiger partial charge is 0.328 e. The number of ether oxygens (including phenoxy) is 3. The van der Waals surface area contributed by atoms with Crippen LogP contribution in [0.5, 0.6) is 11.5 Å². The van der Waals surface area contributed by atoms with Crippen molar-refractivity contribution in [2.24, 2.45) is 0 Å². The Morgan fingerprint density at radius 2 is 1.88 bits per heavy atom. The molecule has 1 aromatic rings. The van der Waals surface area contributed by atoms with Crippen LogP contribution in [0.2, 0.25) is 0 Å². The molecule has 1 aliphatic heterocycles. The van der Waals surface area contributed by atoms with E-state index in [9.17, 15) is 9.59 Å². The molecule has 2 rings (SSSR count). The molecule has 144 valence electrons. The average molecular weight is 364 g/mol. The fourth-order valence-corrected chi connectivity index (χ4v) is 3.15. The van der Waals surface area contributed by atoms with Gasteiger partial charge in [0.05, 0.1) is 32.6 Å². The summed E-state index contributed by atoms with van der Waals surface area (Å²) in [5, 5.41) is 3.30. The Morgan fingerprint density at radius 1 is 1.19 bits per heavy atom. The predicted octanol–water partition coefficient (Wildman–Crippen LogP) is 2.69. The van der Waals surface area contributed by atoms with Crippen LogP contribution in [0.3, 0.4) is 0 Å². The Balaban J connectivity index is 2.37. The van der Waals surface area contributed by atoms with Crippen LogP contribution in [0.1, 0.15) is 43.0 Å². The summed E-state index contributed by atoms with van der Waals surface area (Å²) in [7, 11) is 4.43. The molecule has 1 aliphatic rings. The molecule has 1 heterocycles. The zero-order valence-corrected chi connectivity index (χ0v) is 16.0. The fraction of sp³-hybridized carbons (Fsp3) is 0.579. The first kappa shape index (κ1) is 19.9. The molecule has 1 atom stereocenters. The van der Waals surface area contributed by atoms with Gasteiger partial charge in [-0.2, -0.15) is 0 Å². The number of carbonyl (C=O) groups excluding carboxylic acids is 2. The first-order chi connectivity index (χ1) is 12.6. The zero-order valence-electron chi connectivity index (χ0n) is 16.0. The lowest BCUT2D eigenvalue weighted by Crippen LogP contribution is -2.41. The van der Waals surface area contributed by atoms with Crippen LogP contribution in [-0.2, 0) is 9.53 Å². The summed E-state index contributed by atoms with van der Waals surface area (Å²) in [5.74, 6) is 0.439. The van der Waals surface area contributed by atoms with Gasteiger partial charge in [-0.3, -0.25) is 4.79 Å². The third-order valence-electron chi connectivity index (χ3n) is 4.59. The van der Waals surface area contributed by atoms with Gasteiger partial charge < -0.3 is 24.4 Å². The van der Waals surface area contributed by atoms with E-state index in [1.807, 2.05) is 0 Å². The molecule has 26 heavy (non-hydrogen) atoms. The van der Waals surface area contributed by atoms with E-state index < -0.39 is 6.04 Å². The molecule has 0 aliphatic carbocycles. The Hall–Kier alpha value is -2.44. The van der Waals surface area contributed by atoms with E-state index in [0.29, 0.717) is 35.7 Å². The number of anilines is 1. The first-order valence-electron chi connectivity index (χ1n) is 8.96. The number of nitrogens with one attached hydrogen (secondary N) is 1. The summed E-state index contributed by atoms with van der Waals surface area (Å²) in [6.45, 7) is 3.38. The van der Waals surface area contributed by atoms with Crippen LogP contribution in [0.4, 0.5) is 5.69 Å². The van der Waals surface area contributed by atoms with Crippen LogP contribution in [0.15, 0.2) is 12.1 Å². The lowest BCUT2D eigenvalue weighted by molar-refractivity contribution is -0.145. The standard InChI is InChI=1S/C19H28N2O5/c1-5-6-9-20-14-12-17(25-3)16(24-2)11-13(14)18(22)21-10-7-8-15(21)19(23)26-4/h11-12,15,20H,5-10H2,1-4H3/t15-/m0/s1. The molecule has 0 saturated carbocycles. The van der Waals surface area contributed by atoms with Crippen molar-refractivity contribution >= 4 is 17.6 Å². The lowest BCUT2D eigenvalue weighted by atomic mass is 10.1. The molecule has 0 unspecified atom stereocenters. The molecular formula is C19H28N2O5. The minimum Gasteiger partial charge on any atom is -0.493 e. The van der Waals surface area contributed by atoms with Gasteiger partial charge in [-0.25, -0.2) is 4.79 Å². The molecule has 7 heteroatoms. The molecule has 1 aromatic carbocycles. The predicted molar refractivity (Wildman–Crippen MR) is 99.0 cm³/mol. The quantitative estimate of drug-likeness (QED) is 0.564. The summed E-state index contributed by atoms with van der Waals surface area (Å²) in [6.07, 6.45) is 3.41. The van der Waals surface area contributed by atoms with Crippen molar-refractivity contribution in [3.05, 3.63) is 17.7 Å². The second-order valence-corrected chi connectivity index (χ2v) is 6.21. The molecular weight excluding hydrogens is 336 g/mol. The van der Waals surface area contributed by atoms with Crippen molar-refractivity contribution in [1.29, 1.82) is 0 Å². The molecule has 1 saturated heterocycles. The number of methoxy groups -OCH3 is 3. The summed E-state index contributed by atoms with van der Waals surface area (Å²) < 4.78 is 15.6. The van der Waals surface area contributed by atoms with Crippen LogP contribution in [0, 0.1) is 0 Å². The van der Waals surface area contributed by atoms with Crippen LogP contribution in [-0.4, -0.2) is 57.2 Å². The van der Waals surface area contributed by atoms with Gasteiger partial charge in [0.1, 0.15) is 6.04 Å². The topological polar surface area (TPSA) is 77.1 Å². The van der Waals surface area contributed by atoms with E-state index in [-0.39, 0.29) is 11.9 Å². The minimum absolute atomic E-state index is 0.210. The SMILES string of the molecule is CCCCNc1cc(OC)c(OC)cc1C(=O)N1CCC[C@H]1C(=O)OC. The van der Waals surface area contributed by atoms with Gasteiger partial charge >= 0.3 is 5.97 Å². The van der Waals surface area contributed by atoms with Gasteiger partial charge in [0.15, 0.2) is 11.5 Å². The average Bonchev–Trinajstić information content (AvgIpc) is 3.16. The van der Waals surface area contributed by atoms with Gasteiger partial charge in [-0.05, 0) is 25.3 Å². The van der Waals surface area contributed by atoms with Crippen molar-refractivity contribution in [3.8, 4) is 11.5 Å². The number of nitrogens with zero attached hydrogens (tertiary/aromatic N) is 1. The van der Waals surface area contributed by atoms with Crippen molar-refractivity contribution < 1.29 is 23.8 Å². The number of hydrogen-bond acceptors (Lipinski definition) is 6. The molecule has 1 amide bonds. The maximum Gasteiger partial charge on any atom is 0.328 e. The lowest BCUT2D eigenvalue weighted by Gasteiger charge is -2.24. The third kappa shape index (κ3) is 4.20. The number of hydrogen-bond donors (Lipinski definition) is 1. The molecule has 1 fully saturated rings. The van der Waals surface area contributed by atoms with Gasteiger partial charge in [0.25, 0.3) is 5.91 Å². The van der Waals surface area contributed by atoms with E-state index >= 15 is 0 Å². The summed E-state index contributed by atoms with van der Waals surface area (Å²) >= 11 is 0. The number of benzene rings is 1. The monoisotopic (exact) mass is 364 g/mol. The zero-order chi connectivity index (χ0) is 19.1. The Bertz CT molecular complexity index is 647. The van der Waals surface area contributed by atoms with E-state index in [1.54, 1.807) is 24.1 Å². The van der Waals surface area contributed by atoms with E-state index in [4.69, 9.17) is 14.2 Å². The first-order valence-corrected chi connectivity index (χ1v) is 8.96. The Morgan fingerprint density at radius 3 is 2.50 bits per heavy atom. The van der Waals surface area contributed by atoms with Crippen molar-refractivity contribution in [2.45, 2.75) is 38.6 Å². The Kier molecular flexibility index (Phi) is 7.12. The van der Waals surface area contributed by atoms with Crippen molar-refractivity contribution in [3.63, 3.8) is 0 Å². The van der Waals surface area contributed by atoms with Crippen molar-refractivity contribution in [1.82, 2.24) is 4.90 Å². The third-order valence-corrected chi connectivity index (χ3v) is 4.59. The van der Waals surface area contributed by atoms with Gasteiger partial charge in [-0.1, -0.05) is 13.3 Å². The van der Waals surface area contributed by atoms with Crippen LogP contribution < -0.4 is 14.8 Å². The number of rotatable bonds is 8. The minimum atomic E-state index is -0.538. The second-order valence-electron chi connectivity index (χ2n) is 6.21. The number of carbonyl (C=O) groups is 2. The van der Waals surface area contributed by atoms with Crippen molar-refractivity contribution in [2.75, 3.05) is 39.7 Å². The van der Waals surface area contributed by atoms with Gasteiger partial charge in [0, 0.05) is 19.2 Å². The number of likely N-dealkylation sites (tertiary alicyclic amines) is 1. The Labute approximate surface area is 154 Å². The summed E-state index contributed by atoms with van der Waals surface area (Å²) in [4.78, 5) is 26.8. The largest absolute Gasteiger partial charge is 0.493 e. The molecule has 0 bridgehead atoms. The highest BCUT2D eigenvalue weighted by molar-refractivity contribution is 6.02. The molecule has 0 spiro atoms. The van der Waals surface area contributed by atoms with E-state index in [1.165, 1.54) is 14.2 Å². The highest BCUT2D eigenvalue weighted by Crippen LogP contribution is 2.35. The summed E-state index contributed by atoms with van der Waals surface area (Å²) in [5.41, 5.74) is 1.14. The molecule has 7 nitrogen and oxygen atoms in total. The highest BCUT2D eigenvalue weighted by Gasteiger charge is 2.36. The van der Waals surface area contributed by atoms with Gasteiger partial charge in [0.2, 0.25) is 0 Å². The normalized spacial score (nSPS) is 16.3. The van der Waals surface area contributed by atoms with E-state index in [2.05, 4.69) is 12.2 Å². The highest BCUT2D eigenvalue weighted by atomic mass is 16.5. The molecule has 1 N–H and O–H groups in total. The maximum absolute atomic E-state index is 13.2. The van der Waals surface area contributed by atoms with Crippen LogP contribution in [0.25, 0.3) is 0 Å². The number of amides is 1.